The molecule has 1 amide bonds. The van der Waals surface area contributed by atoms with Crippen LogP contribution in [0.2, 0.25) is 0 Å². The topological polar surface area (TPSA) is 49.8 Å². The maximum Gasteiger partial charge on any atom is 0.410 e. The molecule has 3 aromatic rings. The van der Waals surface area contributed by atoms with Gasteiger partial charge in [0.05, 0.1) is 5.60 Å². The van der Waals surface area contributed by atoms with E-state index >= 15 is 0 Å². The third-order valence-corrected chi connectivity index (χ3v) is 8.05. The molecule has 0 saturated carbocycles. The molecule has 7 heteroatoms. The number of nitrogens with zero attached hydrogens (tertiary/aromatic N) is 1. The van der Waals surface area contributed by atoms with Gasteiger partial charge in [-0.05, 0) is 47.6 Å². The van der Waals surface area contributed by atoms with Crippen LogP contribution in [0, 0.1) is 17.5 Å². The second kappa shape index (κ2) is 8.66. The summed E-state index contributed by atoms with van der Waals surface area (Å²) < 4.78 is 48.2. The van der Waals surface area contributed by atoms with Crippen LogP contribution in [0.1, 0.15) is 54.7 Å². The summed E-state index contributed by atoms with van der Waals surface area (Å²) in [5.74, 6) is -3.59. The number of piperidine rings is 2. The Kier molecular flexibility index (Phi) is 5.56. The van der Waals surface area contributed by atoms with Crippen LogP contribution in [0.3, 0.4) is 0 Å². The van der Waals surface area contributed by atoms with E-state index in [4.69, 9.17) is 4.74 Å². The van der Waals surface area contributed by atoms with Crippen molar-refractivity contribution in [2.45, 2.75) is 55.7 Å². The van der Waals surface area contributed by atoms with Crippen LogP contribution in [0.25, 0.3) is 11.1 Å². The fourth-order valence-electron chi connectivity index (χ4n) is 6.51. The second-order valence-electron chi connectivity index (χ2n) is 10.1. The van der Waals surface area contributed by atoms with Gasteiger partial charge in [0.25, 0.3) is 0 Å². The molecule has 2 bridgehead atoms. The number of rotatable bonds is 3. The van der Waals surface area contributed by atoms with Gasteiger partial charge in [-0.1, -0.05) is 48.5 Å². The molecule has 1 aliphatic carbocycles. The van der Waals surface area contributed by atoms with Crippen LogP contribution in [-0.2, 0) is 10.3 Å². The SMILES string of the molecule is O=C(OCC1c2ccccc2-c2ccccc21)N1C2CCCC1CC(O)(c1cc(F)cc(F)c1F)C2. The van der Waals surface area contributed by atoms with Crippen LogP contribution in [-0.4, -0.2) is 34.8 Å². The number of ether oxygens (including phenoxy) is 1. The van der Waals surface area contributed by atoms with Gasteiger partial charge in [-0.2, -0.15) is 0 Å². The number of hydrogen-bond acceptors (Lipinski definition) is 3. The largest absolute Gasteiger partial charge is 0.448 e. The number of hydrogen-bond donors (Lipinski definition) is 1. The molecule has 2 aliphatic heterocycles. The van der Waals surface area contributed by atoms with E-state index in [2.05, 4.69) is 24.3 Å². The molecule has 2 unspecified atom stereocenters. The molecule has 36 heavy (non-hydrogen) atoms. The number of carbonyl (C=O) groups excluding carboxylic acids is 1. The number of amides is 1. The molecule has 3 aliphatic rings. The number of benzene rings is 3. The van der Waals surface area contributed by atoms with E-state index < -0.39 is 41.2 Å². The predicted molar refractivity (Wildman–Crippen MR) is 128 cm³/mol. The van der Waals surface area contributed by atoms with Gasteiger partial charge < -0.3 is 14.7 Å². The fraction of sp³-hybridized carbons (Fsp3) is 0.345. The molecule has 0 radical (unpaired) electrons. The predicted octanol–water partition coefficient (Wildman–Crippen LogP) is 6.26. The Hall–Kier alpha value is -3.32. The molecule has 2 heterocycles. The molecule has 2 atom stereocenters. The van der Waals surface area contributed by atoms with Crippen molar-refractivity contribution in [1.29, 1.82) is 0 Å². The first-order chi connectivity index (χ1) is 17.4. The summed E-state index contributed by atoms with van der Waals surface area (Å²) >= 11 is 0. The molecule has 6 rings (SSSR count). The zero-order valence-electron chi connectivity index (χ0n) is 19.6. The van der Waals surface area contributed by atoms with Gasteiger partial charge in [0.2, 0.25) is 0 Å². The number of halogens is 3. The highest BCUT2D eigenvalue weighted by Crippen LogP contribution is 2.47. The summed E-state index contributed by atoms with van der Waals surface area (Å²) in [4.78, 5) is 15.0. The Labute approximate surface area is 207 Å². The molecular weight excluding hydrogens is 467 g/mol. The third kappa shape index (κ3) is 3.68. The number of carbonyl (C=O) groups is 1. The highest BCUT2D eigenvalue weighted by atomic mass is 19.2. The second-order valence-corrected chi connectivity index (χ2v) is 10.1. The van der Waals surface area contributed by atoms with Gasteiger partial charge in [-0.3, -0.25) is 0 Å². The van der Waals surface area contributed by atoms with Gasteiger partial charge in [0, 0.05) is 42.5 Å². The van der Waals surface area contributed by atoms with Crippen LogP contribution < -0.4 is 0 Å². The summed E-state index contributed by atoms with van der Waals surface area (Å²) in [6, 6.07) is 16.7. The van der Waals surface area contributed by atoms with Crippen molar-refractivity contribution in [3.8, 4) is 11.1 Å². The van der Waals surface area contributed by atoms with E-state index in [9.17, 15) is 23.1 Å². The van der Waals surface area contributed by atoms with E-state index in [1.807, 2.05) is 24.3 Å². The zero-order chi connectivity index (χ0) is 25.0. The van der Waals surface area contributed by atoms with Gasteiger partial charge in [0.1, 0.15) is 12.4 Å². The highest BCUT2D eigenvalue weighted by Gasteiger charge is 2.50. The average Bonchev–Trinajstić information content (AvgIpc) is 3.18. The Morgan fingerprint density at radius 2 is 1.53 bits per heavy atom. The van der Waals surface area contributed by atoms with E-state index in [-0.39, 0.29) is 30.9 Å². The van der Waals surface area contributed by atoms with Crippen LogP contribution in [0.4, 0.5) is 18.0 Å². The lowest BCUT2D eigenvalue weighted by molar-refractivity contribution is -0.0910. The van der Waals surface area contributed by atoms with E-state index in [0.717, 1.165) is 34.7 Å². The molecule has 2 saturated heterocycles. The maximum atomic E-state index is 14.6. The smallest absolute Gasteiger partial charge is 0.410 e. The zero-order valence-corrected chi connectivity index (χ0v) is 19.6. The third-order valence-electron chi connectivity index (χ3n) is 8.05. The van der Waals surface area contributed by atoms with Crippen LogP contribution in [0.5, 0.6) is 0 Å². The van der Waals surface area contributed by atoms with Crippen LogP contribution >= 0.6 is 0 Å². The summed E-state index contributed by atoms with van der Waals surface area (Å²) in [6.45, 7) is 0.177. The molecule has 1 N–H and O–H groups in total. The minimum absolute atomic E-state index is 0.00644. The van der Waals surface area contributed by atoms with Crippen molar-refractivity contribution in [3.05, 3.63) is 94.8 Å². The quantitative estimate of drug-likeness (QED) is 0.439. The van der Waals surface area contributed by atoms with Gasteiger partial charge in [-0.15, -0.1) is 0 Å². The van der Waals surface area contributed by atoms with E-state index in [1.165, 1.54) is 0 Å². The molecule has 2 fully saturated rings. The first-order valence-electron chi connectivity index (χ1n) is 12.4. The van der Waals surface area contributed by atoms with Crippen molar-refractivity contribution in [1.82, 2.24) is 4.90 Å². The molecular formula is C29H26F3NO3. The maximum absolute atomic E-state index is 14.6. The van der Waals surface area contributed by atoms with E-state index in [1.54, 1.807) is 4.90 Å². The fourth-order valence-corrected chi connectivity index (χ4v) is 6.51. The Morgan fingerprint density at radius 3 is 2.14 bits per heavy atom. The van der Waals surface area contributed by atoms with E-state index in [0.29, 0.717) is 18.9 Å². The van der Waals surface area contributed by atoms with Gasteiger partial charge in [-0.25, -0.2) is 18.0 Å². The lowest BCUT2D eigenvalue weighted by atomic mass is 9.72. The summed E-state index contributed by atoms with van der Waals surface area (Å²) in [7, 11) is 0. The van der Waals surface area contributed by atoms with Crippen molar-refractivity contribution in [2.24, 2.45) is 0 Å². The van der Waals surface area contributed by atoms with Crippen molar-refractivity contribution in [2.75, 3.05) is 6.61 Å². The molecule has 0 spiro atoms. The Morgan fingerprint density at radius 1 is 0.944 bits per heavy atom. The lowest BCUT2D eigenvalue weighted by Gasteiger charge is -2.51. The van der Waals surface area contributed by atoms with Crippen molar-refractivity contribution < 1.29 is 27.8 Å². The lowest BCUT2D eigenvalue weighted by Crippen LogP contribution is -2.59. The van der Waals surface area contributed by atoms with Crippen molar-refractivity contribution >= 4 is 6.09 Å². The minimum atomic E-state index is -1.76. The summed E-state index contributed by atoms with van der Waals surface area (Å²) in [6.07, 6.45) is 1.56. The number of fused-ring (bicyclic) bond motifs is 5. The Bertz CT molecular complexity index is 1280. The summed E-state index contributed by atoms with van der Waals surface area (Å²) in [5, 5.41) is 11.3. The molecule has 3 aromatic carbocycles. The standard InChI is InChI=1S/C29H26F3NO3/c30-17-12-25(27(32)26(31)13-17)29(35)14-18-6-5-7-19(15-29)33(18)28(34)36-16-24-22-10-3-1-8-20(22)21-9-2-4-11-23(21)24/h1-4,8-13,18-19,24,35H,5-7,14-16H2. The summed E-state index contributed by atoms with van der Waals surface area (Å²) in [5.41, 5.74) is 2.36. The van der Waals surface area contributed by atoms with Crippen molar-refractivity contribution in [3.63, 3.8) is 0 Å². The molecule has 0 aromatic heterocycles. The number of aliphatic hydroxyl groups is 1. The van der Waals surface area contributed by atoms with Gasteiger partial charge >= 0.3 is 6.09 Å². The Balaban J connectivity index is 1.22. The first kappa shape index (κ1) is 23.1. The normalized spacial score (nSPS) is 24.8. The van der Waals surface area contributed by atoms with Gasteiger partial charge in [0.15, 0.2) is 11.6 Å². The minimum Gasteiger partial charge on any atom is -0.448 e. The van der Waals surface area contributed by atoms with Crippen LogP contribution in [0.15, 0.2) is 60.7 Å². The monoisotopic (exact) mass is 493 g/mol. The molecule has 186 valence electrons. The highest BCUT2D eigenvalue weighted by molar-refractivity contribution is 5.79. The average molecular weight is 494 g/mol. The molecule has 4 nitrogen and oxygen atoms in total. The first-order valence-corrected chi connectivity index (χ1v) is 12.4.